The molecule has 15 heavy (non-hydrogen) atoms. The molecule has 86 valence electrons. The lowest BCUT2D eigenvalue weighted by molar-refractivity contribution is -0.132. The zero-order valence-corrected chi connectivity index (χ0v) is 9.49. The minimum Gasteiger partial charge on any atom is -0.478 e. The summed E-state index contributed by atoms with van der Waals surface area (Å²) in [4.78, 5) is 12.8. The van der Waals surface area contributed by atoms with E-state index in [-0.39, 0.29) is 0 Å². The van der Waals surface area contributed by atoms with Crippen molar-refractivity contribution in [3.8, 4) is 0 Å². The van der Waals surface area contributed by atoms with Crippen LogP contribution >= 0.6 is 0 Å². The van der Waals surface area contributed by atoms with Gasteiger partial charge in [0, 0.05) is 18.2 Å². The van der Waals surface area contributed by atoms with Crippen LogP contribution in [0.3, 0.4) is 0 Å². The smallest absolute Gasteiger partial charge is 0.330 e. The van der Waals surface area contributed by atoms with Crippen LogP contribution in [0.5, 0.6) is 0 Å². The third-order valence-electron chi connectivity index (χ3n) is 2.95. The van der Waals surface area contributed by atoms with Gasteiger partial charge >= 0.3 is 5.97 Å². The molecule has 0 aromatic carbocycles. The number of hydrogen-bond donors (Lipinski definition) is 2. The number of likely N-dealkylation sites (N-methyl/N-ethyl adjacent to an activating group) is 1. The minimum absolute atomic E-state index is 0.427. The molecule has 2 N–H and O–H groups in total. The van der Waals surface area contributed by atoms with Crippen molar-refractivity contribution >= 4 is 5.97 Å². The van der Waals surface area contributed by atoms with E-state index in [4.69, 9.17) is 5.11 Å². The van der Waals surface area contributed by atoms with E-state index in [1.165, 1.54) is 0 Å². The summed E-state index contributed by atoms with van der Waals surface area (Å²) in [5.74, 6) is -0.825. The second-order valence-corrected chi connectivity index (χ2v) is 4.11. The van der Waals surface area contributed by atoms with Gasteiger partial charge in [-0.1, -0.05) is 6.08 Å². The highest BCUT2D eigenvalue weighted by Crippen LogP contribution is 2.09. The summed E-state index contributed by atoms with van der Waals surface area (Å²) in [6, 6.07) is 0.587. The van der Waals surface area contributed by atoms with E-state index in [0.29, 0.717) is 11.6 Å². The maximum atomic E-state index is 10.6. The number of nitrogens with zero attached hydrogens (tertiary/aromatic N) is 1. The van der Waals surface area contributed by atoms with Gasteiger partial charge in [0.05, 0.1) is 0 Å². The number of nitrogens with one attached hydrogen (secondary N) is 1. The van der Waals surface area contributed by atoms with Gasteiger partial charge in [0.2, 0.25) is 0 Å². The van der Waals surface area contributed by atoms with Crippen LogP contribution in [0.25, 0.3) is 0 Å². The van der Waals surface area contributed by atoms with Gasteiger partial charge in [-0.05, 0) is 39.9 Å². The van der Waals surface area contributed by atoms with Crippen LogP contribution in [0.15, 0.2) is 11.6 Å². The molecule has 0 atom stereocenters. The molecule has 0 aromatic rings. The van der Waals surface area contributed by atoms with Crippen LogP contribution < -0.4 is 5.32 Å². The summed E-state index contributed by atoms with van der Waals surface area (Å²) in [7, 11) is 2.06. The van der Waals surface area contributed by atoms with Gasteiger partial charge in [0.25, 0.3) is 0 Å². The first-order valence-corrected chi connectivity index (χ1v) is 5.42. The third kappa shape index (κ3) is 4.01. The van der Waals surface area contributed by atoms with Crippen molar-refractivity contribution in [3.05, 3.63) is 11.6 Å². The molecule has 1 fully saturated rings. The second-order valence-electron chi connectivity index (χ2n) is 4.11. The Labute approximate surface area is 91.0 Å². The number of carbonyl (C=O) groups is 1. The summed E-state index contributed by atoms with van der Waals surface area (Å²) < 4.78 is 0. The molecular weight excluding hydrogens is 192 g/mol. The first-order valence-electron chi connectivity index (χ1n) is 5.42. The average Bonchev–Trinajstić information content (AvgIpc) is 2.26. The summed E-state index contributed by atoms with van der Waals surface area (Å²) in [5, 5.41) is 12.0. The first kappa shape index (κ1) is 12.2. The van der Waals surface area contributed by atoms with E-state index >= 15 is 0 Å². The Morgan fingerprint density at radius 3 is 2.67 bits per heavy atom. The third-order valence-corrected chi connectivity index (χ3v) is 2.95. The van der Waals surface area contributed by atoms with Gasteiger partial charge in [-0.2, -0.15) is 0 Å². The van der Waals surface area contributed by atoms with Crippen molar-refractivity contribution in [2.24, 2.45) is 0 Å². The summed E-state index contributed by atoms with van der Waals surface area (Å²) in [6.45, 7) is 4.49. The predicted molar refractivity (Wildman–Crippen MR) is 59.9 cm³/mol. The SMILES string of the molecule is CC(=CCN(C)C1CCNCC1)C(=O)O. The molecule has 1 rings (SSSR count). The average molecular weight is 212 g/mol. The number of hydrogen-bond acceptors (Lipinski definition) is 3. The molecule has 0 aliphatic carbocycles. The number of piperidine rings is 1. The second kappa shape index (κ2) is 5.88. The lowest BCUT2D eigenvalue weighted by Gasteiger charge is -2.30. The molecule has 1 saturated heterocycles. The molecule has 4 heteroatoms. The van der Waals surface area contributed by atoms with Crippen molar-refractivity contribution in [1.29, 1.82) is 0 Å². The fourth-order valence-corrected chi connectivity index (χ4v) is 1.76. The maximum Gasteiger partial charge on any atom is 0.330 e. The Balaban J connectivity index is 2.37. The summed E-state index contributed by atoms with van der Waals surface area (Å²) >= 11 is 0. The molecule has 4 nitrogen and oxygen atoms in total. The fraction of sp³-hybridized carbons (Fsp3) is 0.727. The van der Waals surface area contributed by atoms with Crippen LogP contribution in [-0.2, 0) is 4.79 Å². The quantitative estimate of drug-likeness (QED) is 0.674. The summed E-state index contributed by atoms with van der Waals surface area (Å²) in [5.41, 5.74) is 0.427. The number of carboxylic acid groups (broad SMARTS) is 1. The highest BCUT2D eigenvalue weighted by Gasteiger charge is 2.16. The highest BCUT2D eigenvalue weighted by molar-refractivity contribution is 5.85. The monoisotopic (exact) mass is 212 g/mol. The van der Waals surface area contributed by atoms with Crippen molar-refractivity contribution in [2.45, 2.75) is 25.8 Å². The number of carboxylic acids is 1. The molecule has 0 aromatic heterocycles. The molecule has 0 unspecified atom stereocenters. The van der Waals surface area contributed by atoms with E-state index in [9.17, 15) is 4.79 Å². The summed E-state index contributed by atoms with van der Waals surface area (Å²) in [6.07, 6.45) is 4.08. The van der Waals surface area contributed by atoms with E-state index < -0.39 is 5.97 Å². The van der Waals surface area contributed by atoms with E-state index in [2.05, 4.69) is 17.3 Å². The largest absolute Gasteiger partial charge is 0.478 e. The van der Waals surface area contributed by atoms with Crippen LogP contribution in [0, 0.1) is 0 Å². The van der Waals surface area contributed by atoms with E-state index in [1.807, 2.05) is 0 Å². The highest BCUT2D eigenvalue weighted by atomic mass is 16.4. The lowest BCUT2D eigenvalue weighted by Crippen LogP contribution is -2.41. The van der Waals surface area contributed by atoms with Gasteiger partial charge in [0.1, 0.15) is 0 Å². The van der Waals surface area contributed by atoms with Crippen molar-refractivity contribution < 1.29 is 9.90 Å². The van der Waals surface area contributed by atoms with Crippen molar-refractivity contribution in [3.63, 3.8) is 0 Å². The Morgan fingerprint density at radius 1 is 1.53 bits per heavy atom. The Hall–Kier alpha value is -0.870. The molecule has 0 bridgehead atoms. The standard InChI is InChI=1S/C11H20N2O2/c1-9(11(14)15)5-8-13(2)10-3-6-12-7-4-10/h5,10,12H,3-4,6-8H2,1-2H3,(H,14,15). The Kier molecular flexibility index (Phi) is 4.78. The van der Waals surface area contributed by atoms with Crippen LogP contribution in [-0.4, -0.2) is 48.7 Å². The topological polar surface area (TPSA) is 52.6 Å². The first-order chi connectivity index (χ1) is 7.11. The zero-order chi connectivity index (χ0) is 11.3. The maximum absolute atomic E-state index is 10.6. The number of rotatable bonds is 4. The zero-order valence-electron chi connectivity index (χ0n) is 9.49. The number of aliphatic carboxylic acids is 1. The van der Waals surface area contributed by atoms with E-state index in [1.54, 1.807) is 13.0 Å². The van der Waals surface area contributed by atoms with E-state index in [0.717, 1.165) is 32.5 Å². The Morgan fingerprint density at radius 2 is 2.13 bits per heavy atom. The molecular formula is C11H20N2O2. The van der Waals surface area contributed by atoms with Crippen LogP contribution in [0.2, 0.25) is 0 Å². The van der Waals surface area contributed by atoms with Gasteiger partial charge in [-0.25, -0.2) is 4.79 Å². The molecule has 0 saturated carbocycles. The van der Waals surface area contributed by atoms with Crippen LogP contribution in [0.1, 0.15) is 19.8 Å². The Bertz CT molecular complexity index is 245. The molecule has 1 heterocycles. The van der Waals surface area contributed by atoms with Gasteiger partial charge in [0.15, 0.2) is 0 Å². The normalized spacial score (nSPS) is 19.5. The van der Waals surface area contributed by atoms with Gasteiger partial charge in [-0.15, -0.1) is 0 Å². The van der Waals surface area contributed by atoms with Gasteiger partial charge in [-0.3, -0.25) is 4.90 Å². The predicted octanol–water partition coefficient (Wildman–Crippen LogP) is 0.701. The minimum atomic E-state index is -0.825. The molecule has 0 amide bonds. The molecule has 1 aliphatic heterocycles. The molecule has 1 aliphatic rings. The van der Waals surface area contributed by atoms with Crippen molar-refractivity contribution in [1.82, 2.24) is 10.2 Å². The fourth-order valence-electron chi connectivity index (χ4n) is 1.76. The molecule has 0 spiro atoms. The van der Waals surface area contributed by atoms with Gasteiger partial charge < -0.3 is 10.4 Å². The van der Waals surface area contributed by atoms with Crippen LogP contribution in [0.4, 0.5) is 0 Å². The molecule has 0 radical (unpaired) electrons. The lowest BCUT2D eigenvalue weighted by atomic mass is 10.1. The van der Waals surface area contributed by atoms with Crippen molar-refractivity contribution in [2.75, 3.05) is 26.7 Å².